The van der Waals surface area contributed by atoms with Crippen LogP contribution in [-0.2, 0) is 14.3 Å². The molecule has 0 aromatic carbocycles. The van der Waals surface area contributed by atoms with E-state index in [1.807, 2.05) is 0 Å². The number of carboxylic acids is 1. The number of aliphatic carboxylic acids is 1. The number of aliphatic hydroxyl groups is 5. The van der Waals surface area contributed by atoms with E-state index in [9.17, 15) is 35.4 Å². The molecule has 0 unspecified atom stereocenters. The Labute approximate surface area is 268 Å². The Kier molecular flexibility index (Phi) is 8.25. The van der Waals surface area contributed by atoms with Crippen LogP contribution < -0.4 is 0 Å². The van der Waals surface area contributed by atoms with Crippen LogP contribution >= 0.6 is 0 Å². The van der Waals surface area contributed by atoms with E-state index in [4.69, 9.17) is 9.47 Å². The van der Waals surface area contributed by atoms with Crippen molar-refractivity contribution in [2.75, 3.05) is 6.61 Å². The number of hydrogen-bond donors (Lipinski definition) is 6. The molecular weight excluding hydrogens is 576 g/mol. The Morgan fingerprint density at radius 2 is 1.58 bits per heavy atom. The average Bonchev–Trinajstić information content (AvgIpc) is 3.37. The lowest BCUT2D eigenvalue weighted by Crippen LogP contribution is -2.70. The summed E-state index contributed by atoms with van der Waals surface area (Å²) in [6, 6.07) is 0. The van der Waals surface area contributed by atoms with Gasteiger partial charge in [0.05, 0.1) is 24.2 Å². The van der Waals surface area contributed by atoms with Crippen molar-refractivity contribution in [3.05, 3.63) is 12.2 Å². The second kappa shape index (κ2) is 11.0. The maximum atomic E-state index is 13.0. The lowest BCUT2D eigenvalue weighted by Gasteiger charge is -2.73. The first-order valence-corrected chi connectivity index (χ1v) is 17.4. The third-order valence-electron chi connectivity index (χ3n) is 15.5. The fourth-order valence-corrected chi connectivity index (χ4v) is 13.1. The molecule has 1 heterocycles. The molecule has 0 bridgehead atoms. The fraction of sp³-hybridized carbons (Fsp3) is 0.917. The van der Waals surface area contributed by atoms with Gasteiger partial charge in [-0.3, -0.25) is 4.79 Å². The molecular formula is C36H58O9. The molecule has 6 N–H and O–H groups in total. The largest absolute Gasteiger partial charge is 0.481 e. The topological polar surface area (TPSA) is 157 Å². The van der Waals surface area contributed by atoms with Crippen LogP contribution in [0, 0.1) is 56.7 Å². The van der Waals surface area contributed by atoms with E-state index in [0.29, 0.717) is 25.7 Å². The number of aliphatic hydroxyl groups excluding tert-OH is 5. The van der Waals surface area contributed by atoms with Gasteiger partial charge in [0.1, 0.15) is 24.4 Å². The zero-order valence-corrected chi connectivity index (χ0v) is 28.1. The number of carboxylic acid groups (broad SMARTS) is 1. The van der Waals surface area contributed by atoms with Gasteiger partial charge in [-0.1, -0.05) is 46.8 Å². The highest BCUT2D eigenvalue weighted by Crippen LogP contribution is 2.77. The minimum Gasteiger partial charge on any atom is -0.481 e. The summed E-state index contributed by atoms with van der Waals surface area (Å²) in [6.07, 6.45) is -0.322. The molecule has 256 valence electrons. The van der Waals surface area contributed by atoms with Gasteiger partial charge in [-0.25, -0.2) is 0 Å². The normalized spacial score (nSPS) is 55.5. The van der Waals surface area contributed by atoms with Crippen molar-refractivity contribution >= 4 is 5.97 Å². The van der Waals surface area contributed by atoms with Crippen molar-refractivity contribution < 1.29 is 44.9 Å². The van der Waals surface area contributed by atoms with Gasteiger partial charge < -0.3 is 40.1 Å². The molecule has 6 fully saturated rings. The molecule has 0 amide bonds. The molecule has 0 aromatic rings. The standard InChI is InChI=1S/C36H58O9/c1-18(2)19-8-13-36(31(42)43)15-14-34(6)20(25(19)36)16-21(38)29-33(5)11-10-24(32(3,4)23(33)9-12-35(29,34)7)45-30-28(41)27(40)26(39)22(17-37)44-30/h19-30,37-41H,1,8-17H2,2-7H3,(H,42,43)/t19-,20+,21+,22+,23-,24+,25+,26+,27-,28+,29+,30-,33-,34+,35+,36-/m0/s1. The van der Waals surface area contributed by atoms with E-state index >= 15 is 0 Å². The molecule has 45 heavy (non-hydrogen) atoms. The van der Waals surface area contributed by atoms with E-state index in [1.54, 1.807) is 0 Å². The van der Waals surface area contributed by atoms with Gasteiger partial charge in [-0.15, -0.1) is 0 Å². The predicted octanol–water partition coefficient (Wildman–Crippen LogP) is 3.88. The van der Waals surface area contributed by atoms with Crippen LogP contribution in [0.25, 0.3) is 0 Å². The van der Waals surface area contributed by atoms with Gasteiger partial charge in [0, 0.05) is 0 Å². The Bertz CT molecular complexity index is 1190. The minimum absolute atomic E-state index is 0.0108. The highest BCUT2D eigenvalue weighted by molar-refractivity contribution is 5.76. The first-order valence-electron chi connectivity index (χ1n) is 17.4. The van der Waals surface area contributed by atoms with Gasteiger partial charge in [0.25, 0.3) is 0 Å². The van der Waals surface area contributed by atoms with Gasteiger partial charge >= 0.3 is 5.97 Å². The van der Waals surface area contributed by atoms with E-state index in [2.05, 4.69) is 48.1 Å². The van der Waals surface area contributed by atoms with E-state index < -0.39 is 54.8 Å². The highest BCUT2D eigenvalue weighted by atomic mass is 16.7. The summed E-state index contributed by atoms with van der Waals surface area (Å²) in [5, 5.41) is 64.0. The van der Waals surface area contributed by atoms with Crippen molar-refractivity contribution in [2.24, 2.45) is 56.7 Å². The molecule has 9 nitrogen and oxygen atoms in total. The summed E-state index contributed by atoms with van der Waals surface area (Å²) in [7, 11) is 0. The Balaban J connectivity index is 1.30. The molecule has 6 aliphatic rings. The van der Waals surface area contributed by atoms with Crippen molar-refractivity contribution in [3.8, 4) is 0 Å². The summed E-state index contributed by atoms with van der Waals surface area (Å²) >= 11 is 0. The van der Waals surface area contributed by atoms with E-state index in [-0.39, 0.29) is 57.4 Å². The number of allylic oxidation sites excluding steroid dienone is 1. The summed E-state index contributed by atoms with van der Waals surface area (Å²) < 4.78 is 12.2. The van der Waals surface area contributed by atoms with Gasteiger partial charge in [0.2, 0.25) is 0 Å². The minimum atomic E-state index is -1.49. The zero-order valence-electron chi connectivity index (χ0n) is 28.1. The maximum Gasteiger partial charge on any atom is 0.309 e. The van der Waals surface area contributed by atoms with Crippen LogP contribution in [0.5, 0.6) is 0 Å². The molecule has 5 aliphatic carbocycles. The molecule has 0 spiro atoms. The lowest BCUT2D eigenvalue weighted by molar-refractivity contribution is -0.334. The molecule has 0 radical (unpaired) electrons. The monoisotopic (exact) mass is 634 g/mol. The highest BCUT2D eigenvalue weighted by Gasteiger charge is 2.74. The zero-order chi connectivity index (χ0) is 33.1. The van der Waals surface area contributed by atoms with Crippen LogP contribution in [0.4, 0.5) is 0 Å². The summed E-state index contributed by atoms with van der Waals surface area (Å²) in [5.41, 5.74) is -0.492. The second-order valence-corrected chi connectivity index (χ2v) is 17.5. The molecule has 5 saturated carbocycles. The molecule has 0 aromatic heterocycles. The molecule has 1 saturated heterocycles. The number of carbonyl (C=O) groups is 1. The third kappa shape index (κ3) is 4.46. The predicted molar refractivity (Wildman–Crippen MR) is 167 cm³/mol. The van der Waals surface area contributed by atoms with E-state index in [0.717, 1.165) is 37.7 Å². The van der Waals surface area contributed by atoms with Crippen molar-refractivity contribution in [3.63, 3.8) is 0 Å². The number of rotatable bonds is 5. The Hall–Kier alpha value is -1.07. The SMILES string of the molecule is C=C(C)[C@@H]1CC[C@]2(C(=O)O)CC[C@]3(C)[C@H](C[C@@H](O)[C@@H]4[C@@]5(C)CC[C@@H](O[C@@H]6O[C@H](CO)[C@@H](O)[C@H](O)[C@H]6O)C(C)(C)[C@@H]5CC[C@]43C)[C@@H]12. The van der Waals surface area contributed by atoms with Crippen molar-refractivity contribution in [1.29, 1.82) is 0 Å². The lowest BCUT2D eigenvalue weighted by atomic mass is 9.31. The summed E-state index contributed by atoms with van der Waals surface area (Å²) in [6.45, 7) is 17.4. The average molecular weight is 635 g/mol. The molecule has 9 heteroatoms. The number of hydrogen-bond acceptors (Lipinski definition) is 8. The van der Waals surface area contributed by atoms with Crippen LogP contribution in [0.3, 0.4) is 0 Å². The smallest absolute Gasteiger partial charge is 0.309 e. The Morgan fingerprint density at radius 1 is 0.889 bits per heavy atom. The summed E-state index contributed by atoms with van der Waals surface area (Å²) in [4.78, 5) is 13.0. The van der Waals surface area contributed by atoms with Crippen LogP contribution in [0.2, 0.25) is 0 Å². The number of ether oxygens (including phenoxy) is 2. The van der Waals surface area contributed by atoms with Crippen LogP contribution in [0.1, 0.15) is 99.3 Å². The van der Waals surface area contributed by atoms with Crippen molar-refractivity contribution in [1.82, 2.24) is 0 Å². The second-order valence-electron chi connectivity index (χ2n) is 17.5. The Morgan fingerprint density at radius 3 is 2.20 bits per heavy atom. The number of fused-ring (bicyclic) bond motifs is 7. The molecule has 16 atom stereocenters. The van der Waals surface area contributed by atoms with Gasteiger partial charge in [-0.05, 0) is 116 Å². The first-order chi connectivity index (χ1) is 20.9. The third-order valence-corrected chi connectivity index (χ3v) is 15.5. The molecule has 6 rings (SSSR count). The molecule has 1 aliphatic heterocycles. The van der Waals surface area contributed by atoms with Crippen LogP contribution in [-0.4, -0.2) is 86.1 Å². The van der Waals surface area contributed by atoms with E-state index in [1.165, 1.54) is 0 Å². The van der Waals surface area contributed by atoms with Crippen LogP contribution in [0.15, 0.2) is 12.2 Å². The van der Waals surface area contributed by atoms with Gasteiger partial charge in [0.15, 0.2) is 6.29 Å². The summed E-state index contributed by atoms with van der Waals surface area (Å²) in [5.74, 6) is -0.156. The maximum absolute atomic E-state index is 13.0. The quantitative estimate of drug-likeness (QED) is 0.195. The fourth-order valence-electron chi connectivity index (χ4n) is 13.1. The van der Waals surface area contributed by atoms with Crippen molar-refractivity contribution in [2.45, 2.75) is 142 Å². The van der Waals surface area contributed by atoms with Gasteiger partial charge in [-0.2, -0.15) is 0 Å². The first kappa shape index (κ1) is 33.8.